The van der Waals surface area contributed by atoms with E-state index in [1.54, 1.807) is 26.2 Å². The van der Waals surface area contributed by atoms with Gasteiger partial charge in [-0.25, -0.2) is 0 Å². The molecule has 0 fully saturated rings. The van der Waals surface area contributed by atoms with Crippen molar-refractivity contribution in [3.8, 4) is 0 Å². The zero-order valence-corrected chi connectivity index (χ0v) is 65.1. The number of fused-ring (bicyclic) bond motifs is 4. The first-order valence-corrected chi connectivity index (χ1v) is 37.9. The maximum Gasteiger partial charge on any atom is 0.303 e. The maximum atomic E-state index is 14.3. The van der Waals surface area contributed by atoms with E-state index in [4.69, 9.17) is 16.9 Å². The highest BCUT2D eigenvalue weighted by atomic mass is 32.2. The van der Waals surface area contributed by atoms with Crippen LogP contribution in [0.4, 0.5) is 0 Å². The van der Waals surface area contributed by atoms with Crippen LogP contribution >= 0.6 is 23.1 Å². The number of aliphatic hydroxyl groups is 5. The van der Waals surface area contributed by atoms with E-state index in [0.29, 0.717) is 10.4 Å². The zero-order chi connectivity index (χ0) is 85.3. The van der Waals surface area contributed by atoms with Crippen molar-refractivity contribution in [2.24, 2.45) is 28.3 Å². The van der Waals surface area contributed by atoms with Crippen molar-refractivity contribution in [3.63, 3.8) is 0 Å². The van der Waals surface area contributed by atoms with Gasteiger partial charge in [0, 0.05) is 38.0 Å². The Morgan fingerprint density at radius 3 is 1.50 bits per heavy atom. The summed E-state index contributed by atoms with van der Waals surface area (Å²) in [7, 11) is 0. The Bertz CT molecular complexity index is 3640. The molecule has 2 aliphatic rings. The molecule has 0 saturated heterocycles. The molecule has 1 aromatic heterocycles. The third kappa shape index (κ3) is 33.0. The molecular formula is C67H105N19O25S2. The Labute approximate surface area is 656 Å². The number of hydrogen-bond acceptors (Lipinski definition) is 27. The fraction of sp³-hybridized carbons (Fsp3) is 0.642. The summed E-state index contributed by atoms with van der Waals surface area (Å²) in [5, 5.41) is 116. The van der Waals surface area contributed by atoms with Gasteiger partial charge in [0.05, 0.1) is 43.5 Å². The molecule has 630 valence electrons. The molecule has 27 N–H and O–H groups in total. The molecule has 2 aliphatic heterocycles. The average Bonchev–Trinajstić information content (AvgIpc) is 1.70. The first-order chi connectivity index (χ1) is 53.0. The SMILES string of the molecule is CC[C@H](C)[C@@H]1NC(=O)[C@H](CO)NC(=O)[C@H](CCCNC(=N)N)NC(=O)[C@H](CC(C)C)NC(=O)[C@H]([C@@H](C)O)NC(=O)[C@H](CO)NC(=O)[C@H](C)NC(=O)[C@H]([C@@H](C)O)NC(=O)[C@H](CCCC(=O)O)NC(=O)[C@H](CCC(=O)O)NC(=O)[C@@H]2CSC(=N2)c2cc(cs2)C[C@@H](C(N)=O)NC(=O)[C@H](CO)NC(=O)[C@H](CC(C)=O)NC(=O)CNC1=O. The summed E-state index contributed by atoms with van der Waals surface area (Å²) in [6.45, 7) is 6.16. The van der Waals surface area contributed by atoms with Crippen molar-refractivity contribution in [3.05, 3.63) is 21.9 Å². The summed E-state index contributed by atoms with van der Waals surface area (Å²) in [6.07, 6.45) is -7.65. The first-order valence-electron chi connectivity index (χ1n) is 36.0. The van der Waals surface area contributed by atoms with E-state index in [0.717, 1.165) is 50.8 Å². The summed E-state index contributed by atoms with van der Waals surface area (Å²) in [5.74, 6) is -22.5. The number of guanidine groups is 1. The number of aliphatic imine (C=N–C) groups is 1. The lowest BCUT2D eigenvalue weighted by Gasteiger charge is -2.29. The molecule has 1 aromatic rings. The van der Waals surface area contributed by atoms with E-state index in [1.807, 2.05) is 0 Å². The second-order valence-electron chi connectivity index (χ2n) is 27.4. The van der Waals surface area contributed by atoms with Crippen LogP contribution in [0, 0.1) is 17.2 Å². The molecule has 15 amide bonds. The first kappa shape index (κ1) is 96.6. The van der Waals surface area contributed by atoms with Gasteiger partial charge in [0.1, 0.15) is 95.4 Å². The predicted molar refractivity (Wildman–Crippen MR) is 400 cm³/mol. The second-order valence-corrected chi connectivity index (χ2v) is 29.3. The zero-order valence-electron chi connectivity index (χ0n) is 63.5. The van der Waals surface area contributed by atoms with Gasteiger partial charge >= 0.3 is 11.9 Å². The van der Waals surface area contributed by atoms with Crippen LogP contribution in [0.5, 0.6) is 0 Å². The number of thioether (sulfide) groups is 1. The number of nitrogens with zero attached hydrogens (tertiary/aromatic N) is 1. The number of carbonyl (C=O) groups is 18. The van der Waals surface area contributed by atoms with E-state index in [9.17, 15) is 122 Å². The highest BCUT2D eigenvalue weighted by molar-refractivity contribution is 8.15. The Morgan fingerprint density at radius 2 is 1.01 bits per heavy atom. The minimum atomic E-state index is -1.99. The Kier molecular flexibility index (Phi) is 40.8. The molecule has 0 unspecified atom stereocenters. The van der Waals surface area contributed by atoms with Gasteiger partial charge in [0.2, 0.25) is 88.6 Å². The maximum absolute atomic E-state index is 14.3. The lowest BCUT2D eigenvalue weighted by molar-refractivity contribution is -0.139. The summed E-state index contributed by atoms with van der Waals surface area (Å²) in [4.78, 5) is 248. The van der Waals surface area contributed by atoms with Gasteiger partial charge in [0.25, 0.3) is 0 Å². The molecule has 3 rings (SSSR count). The molecule has 0 saturated carbocycles. The number of Topliss-reactive ketones (excluding diaryl/α,β-unsaturated/α-hetero) is 1. The smallest absolute Gasteiger partial charge is 0.303 e. The highest BCUT2D eigenvalue weighted by Crippen LogP contribution is 2.29. The van der Waals surface area contributed by atoms with Crippen LogP contribution < -0.4 is 91.2 Å². The molecule has 0 aliphatic carbocycles. The van der Waals surface area contributed by atoms with Crippen LogP contribution in [0.15, 0.2) is 16.4 Å². The number of primary amides is 1. The number of carbonyl (C=O) groups excluding carboxylic acids is 16. The summed E-state index contributed by atoms with van der Waals surface area (Å²) in [6, 6.07) is -22.7. The summed E-state index contributed by atoms with van der Waals surface area (Å²) < 4.78 is 0. The molecule has 0 radical (unpaired) electrons. The number of nitrogens with two attached hydrogens (primary N) is 2. The van der Waals surface area contributed by atoms with Crippen molar-refractivity contribution < 1.29 is 122 Å². The normalized spacial score (nSPS) is 26.4. The summed E-state index contributed by atoms with van der Waals surface area (Å²) in [5.41, 5.74) is 11.5. The van der Waals surface area contributed by atoms with Gasteiger partial charge in [-0.2, -0.15) is 0 Å². The lowest BCUT2D eigenvalue weighted by atomic mass is 9.97. The minimum Gasteiger partial charge on any atom is -0.481 e. The Balaban J connectivity index is 2.14. The van der Waals surface area contributed by atoms with Gasteiger partial charge in [-0.05, 0) is 95.1 Å². The van der Waals surface area contributed by atoms with E-state index in [1.165, 1.54) is 13.0 Å². The molecule has 113 heavy (non-hydrogen) atoms. The van der Waals surface area contributed by atoms with Crippen molar-refractivity contribution in [1.29, 1.82) is 5.41 Å². The van der Waals surface area contributed by atoms with Crippen molar-refractivity contribution in [2.75, 3.05) is 38.7 Å². The van der Waals surface area contributed by atoms with Gasteiger partial charge in [-0.3, -0.25) is 96.7 Å². The quantitative estimate of drug-likeness (QED) is 0.0275. The fourth-order valence-electron chi connectivity index (χ4n) is 10.9. The monoisotopic (exact) mass is 1640 g/mol. The van der Waals surface area contributed by atoms with E-state index < -0.39 is 279 Å². The van der Waals surface area contributed by atoms with Crippen molar-refractivity contribution in [1.82, 2.24) is 79.8 Å². The average molecular weight is 1640 g/mol. The van der Waals surface area contributed by atoms with Gasteiger partial charge in [-0.1, -0.05) is 34.1 Å². The molecule has 4 bridgehead atoms. The molecule has 0 spiro atoms. The molecular weight excluding hydrogens is 1530 g/mol. The van der Waals surface area contributed by atoms with Crippen LogP contribution in [-0.4, -0.2) is 289 Å². The Morgan fingerprint density at radius 1 is 0.558 bits per heavy atom. The number of nitrogens with one attached hydrogen (secondary N) is 16. The van der Waals surface area contributed by atoms with E-state index in [-0.39, 0.29) is 55.9 Å². The lowest BCUT2D eigenvalue weighted by Crippen LogP contribution is -2.63. The van der Waals surface area contributed by atoms with Crippen LogP contribution in [0.2, 0.25) is 0 Å². The number of amides is 15. The Hall–Kier alpha value is -10.5. The largest absolute Gasteiger partial charge is 0.481 e. The van der Waals surface area contributed by atoms with Crippen LogP contribution in [0.1, 0.15) is 130 Å². The van der Waals surface area contributed by atoms with E-state index in [2.05, 4.69) is 84.7 Å². The fourth-order valence-corrected chi connectivity index (χ4v) is 13.0. The number of carboxylic acid groups (broad SMARTS) is 2. The molecule has 46 heteroatoms. The number of aliphatic carboxylic acids is 2. The third-order valence-electron chi connectivity index (χ3n) is 17.4. The van der Waals surface area contributed by atoms with Gasteiger partial charge in [-0.15, -0.1) is 23.1 Å². The number of hydrogen-bond donors (Lipinski definition) is 25. The van der Waals surface area contributed by atoms with Crippen molar-refractivity contribution >= 4 is 140 Å². The van der Waals surface area contributed by atoms with Gasteiger partial charge in [0.15, 0.2) is 5.96 Å². The van der Waals surface area contributed by atoms with Crippen LogP contribution in [0.25, 0.3) is 0 Å². The molecule has 3 heterocycles. The number of ketones is 1. The molecule has 0 aromatic carbocycles. The topological polar surface area (TPSA) is 718 Å². The predicted octanol–water partition coefficient (Wildman–Crippen LogP) is -9.72. The minimum absolute atomic E-state index is 0.0236. The number of carboxylic acids is 2. The highest BCUT2D eigenvalue weighted by Gasteiger charge is 2.40. The summed E-state index contributed by atoms with van der Waals surface area (Å²) >= 11 is 2.13. The van der Waals surface area contributed by atoms with Crippen LogP contribution in [-0.2, 0) is 92.7 Å². The van der Waals surface area contributed by atoms with E-state index >= 15 is 0 Å². The number of aliphatic hydroxyl groups excluding tert-OH is 5. The van der Waals surface area contributed by atoms with Crippen LogP contribution in [0.3, 0.4) is 0 Å². The molecule has 17 atom stereocenters. The molecule has 44 nitrogen and oxygen atoms in total. The standard InChI is InChI=1S/C67H105N19O25S2/c1-9-29(4)49-63(109)72-22-46(93)74-40(19-30(5)90)58(104)82-41(23-87)59(105)78-38(52(68)98)20-34-21-45(112-26-34)66-83-44(27-113-66)62(108)77-37(15-16-48(96)97)55(101)75-35(12-10-14-47(94)95)56(102)85-50(32(7)91)64(110)73-31(6)53(99)80-42(24-88)61(107)86-51(33(8)92)65(111)79-39(18-28(2)3)57(103)76-36(13-11-17-71-67(69)70)54(100)81-43(25-89)60(106)84-49/h21,26,28-29,31-33,35-44,49-51,87-89,91-92H,9-20,22-25,27H2,1-8H3,(H2,68,98)(H,72,109)(H,73,110)(H,74,93)(H,75,101)(H,76,103)(H,77,108)(H,78,105)(H,79,111)(H,80,99)(H,81,100)(H,82,104)(H,84,106)(H,85,102)(H,86,107)(H,94,95)(H,96,97)(H4,69,70,71)/t29-,31-,32+,33+,35-,36-,37-,38-,39-,40-,41-,42-,43-,44-,49-,50-,51-/m0/s1. The number of thiophene rings is 1. The van der Waals surface area contributed by atoms with Crippen molar-refractivity contribution in [2.45, 2.75) is 223 Å². The third-order valence-corrected chi connectivity index (χ3v) is 19.6. The number of rotatable bonds is 23. The second kappa shape index (κ2) is 47.7. The van der Waals surface area contributed by atoms with Gasteiger partial charge < -0.3 is 127 Å².